The van der Waals surface area contributed by atoms with Crippen LogP contribution in [0.5, 0.6) is 0 Å². The second-order valence-corrected chi connectivity index (χ2v) is 9.46. The minimum atomic E-state index is -3.18. The second kappa shape index (κ2) is 7.67. The lowest BCUT2D eigenvalue weighted by Crippen LogP contribution is -2.47. The third-order valence-corrected chi connectivity index (χ3v) is 7.68. The Morgan fingerprint density at radius 3 is 2.52 bits per heavy atom. The maximum absolute atomic E-state index is 12.5. The number of hydrogen-bond donors (Lipinski definition) is 0. The third-order valence-electron chi connectivity index (χ3n) is 4.24. The Balaban J connectivity index is 2.01. The molecule has 23 heavy (non-hydrogen) atoms. The van der Waals surface area contributed by atoms with Gasteiger partial charge in [-0.2, -0.15) is 0 Å². The molecule has 1 aliphatic rings. The van der Waals surface area contributed by atoms with E-state index in [-0.39, 0.29) is 17.7 Å². The summed E-state index contributed by atoms with van der Waals surface area (Å²) in [5.74, 6) is 0.0744. The first-order valence-corrected chi connectivity index (χ1v) is 10.5. The molecule has 0 aliphatic carbocycles. The number of rotatable bonds is 4. The summed E-state index contributed by atoms with van der Waals surface area (Å²) in [7, 11) is -1.56. The Labute approximate surface area is 156 Å². The van der Waals surface area contributed by atoms with Crippen molar-refractivity contribution in [3.05, 3.63) is 32.4 Å². The standard InChI is InChI=1S/C15H20ClIN2O3S/c1-3-23(21,22)18(2)12-6-8-19(9-7-12)15(20)11-4-5-13(16)14(17)10-11/h4-5,10,12H,3,6-9H2,1-2H3. The van der Waals surface area contributed by atoms with Crippen LogP contribution in [0.15, 0.2) is 18.2 Å². The smallest absolute Gasteiger partial charge is 0.253 e. The first-order valence-electron chi connectivity index (χ1n) is 7.46. The van der Waals surface area contributed by atoms with Crippen LogP contribution in [-0.2, 0) is 10.0 Å². The first-order chi connectivity index (χ1) is 10.8. The number of benzene rings is 1. The summed E-state index contributed by atoms with van der Waals surface area (Å²) in [6, 6.07) is 5.21. The molecular weight excluding hydrogens is 451 g/mol. The molecular formula is C15H20ClIN2O3S. The predicted octanol–water partition coefficient (Wildman–Crippen LogP) is 2.83. The maximum atomic E-state index is 12.5. The van der Waals surface area contributed by atoms with Crippen LogP contribution in [0.4, 0.5) is 0 Å². The van der Waals surface area contributed by atoms with E-state index in [4.69, 9.17) is 11.6 Å². The van der Waals surface area contributed by atoms with Crippen LogP contribution in [0.2, 0.25) is 5.02 Å². The minimum absolute atomic E-state index is 0.0287. The van der Waals surface area contributed by atoms with Gasteiger partial charge < -0.3 is 4.90 Å². The van der Waals surface area contributed by atoms with Gasteiger partial charge in [0.15, 0.2) is 0 Å². The van der Waals surface area contributed by atoms with Gasteiger partial charge in [-0.3, -0.25) is 4.79 Å². The van der Waals surface area contributed by atoms with Gasteiger partial charge in [-0.15, -0.1) is 0 Å². The van der Waals surface area contributed by atoms with Crippen molar-refractivity contribution in [2.24, 2.45) is 0 Å². The van der Waals surface area contributed by atoms with Gasteiger partial charge in [-0.05, 0) is 60.6 Å². The average Bonchev–Trinajstić information content (AvgIpc) is 2.56. The fraction of sp³-hybridized carbons (Fsp3) is 0.533. The van der Waals surface area contributed by atoms with Crippen molar-refractivity contribution >= 4 is 50.1 Å². The second-order valence-electron chi connectivity index (χ2n) is 5.57. The van der Waals surface area contributed by atoms with Gasteiger partial charge in [-0.1, -0.05) is 11.6 Å². The molecule has 1 fully saturated rings. The molecule has 1 amide bonds. The summed E-state index contributed by atoms with van der Waals surface area (Å²) in [4.78, 5) is 14.3. The molecule has 1 saturated heterocycles. The highest BCUT2D eigenvalue weighted by Gasteiger charge is 2.30. The molecule has 0 bridgehead atoms. The fourth-order valence-electron chi connectivity index (χ4n) is 2.68. The number of likely N-dealkylation sites (tertiary alicyclic amines) is 1. The van der Waals surface area contributed by atoms with Crippen LogP contribution in [0.25, 0.3) is 0 Å². The highest BCUT2D eigenvalue weighted by Crippen LogP contribution is 2.23. The molecule has 5 nitrogen and oxygen atoms in total. The van der Waals surface area contributed by atoms with Crippen molar-refractivity contribution in [3.8, 4) is 0 Å². The SMILES string of the molecule is CCS(=O)(=O)N(C)C1CCN(C(=O)c2ccc(Cl)c(I)c2)CC1. The molecule has 0 radical (unpaired) electrons. The average molecular weight is 471 g/mol. The van der Waals surface area contributed by atoms with E-state index in [9.17, 15) is 13.2 Å². The molecule has 1 aliphatic heterocycles. The Morgan fingerprint density at radius 2 is 2.00 bits per heavy atom. The first kappa shape index (κ1) is 19.0. The van der Waals surface area contributed by atoms with Gasteiger partial charge >= 0.3 is 0 Å². The lowest BCUT2D eigenvalue weighted by molar-refractivity contribution is 0.0686. The third kappa shape index (κ3) is 4.37. The van der Waals surface area contributed by atoms with Gasteiger partial charge in [0.1, 0.15) is 0 Å². The normalized spacial score (nSPS) is 16.8. The lowest BCUT2D eigenvalue weighted by atomic mass is 10.0. The number of nitrogens with zero attached hydrogens (tertiary/aromatic N) is 2. The number of hydrogen-bond acceptors (Lipinski definition) is 3. The molecule has 0 atom stereocenters. The van der Waals surface area contributed by atoms with Crippen LogP contribution < -0.4 is 0 Å². The molecule has 2 rings (SSSR count). The zero-order chi connectivity index (χ0) is 17.2. The summed E-state index contributed by atoms with van der Waals surface area (Å²) in [6.07, 6.45) is 1.32. The van der Waals surface area contributed by atoms with Gasteiger partial charge in [0, 0.05) is 35.3 Å². The van der Waals surface area contributed by atoms with E-state index in [0.717, 1.165) is 3.57 Å². The highest BCUT2D eigenvalue weighted by molar-refractivity contribution is 14.1. The van der Waals surface area contributed by atoms with Crippen LogP contribution in [0.1, 0.15) is 30.1 Å². The number of carbonyl (C=O) groups is 1. The highest BCUT2D eigenvalue weighted by atomic mass is 127. The van der Waals surface area contributed by atoms with Gasteiger partial charge in [0.2, 0.25) is 10.0 Å². The van der Waals surface area contributed by atoms with E-state index in [2.05, 4.69) is 22.6 Å². The molecule has 8 heteroatoms. The summed E-state index contributed by atoms with van der Waals surface area (Å²) >= 11 is 8.09. The predicted molar refractivity (Wildman–Crippen MR) is 100 cm³/mol. The van der Waals surface area contributed by atoms with Crippen molar-refractivity contribution in [2.45, 2.75) is 25.8 Å². The van der Waals surface area contributed by atoms with E-state index in [1.807, 2.05) is 0 Å². The van der Waals surface area contributed by atoms with Gasteiger partial charge in [-0.25, -0.2) is 12.7 Å². The molecule has 0 unspecified atom stereocenters. The zero-order valence-electron chi connectivity index (χ0n) is 13.1. The number of amides is 1. The number of piperidine rings is 1. The molecule has 0 saturated carbocycles. The minimum Gasteiger partial charge on any atom is -0.339 e. The quantitative estimate of drug-likeness (QED) is 0.636. The number of sulfonamides is 1. The molecule has 0 aromatic heterocycles. The van der Waals surface area contributed by atoms with E-state index in [1.165, 1.54) is 4.31 Å². The summed E-state index contributed by atoms with van der Waals surface area (Å²) in [5, 5.41) is 0.632. The van der Waals surface area contributed by atoms with E-state index in [1.54, 1.807) is 37.1 Å². The van der Waals surface area contributed by atoms with Gasteiger partial charge in [0.05, 0.1) is 10.8 Å². The summed E-state index contributed by atoms with van der Waals surface area (Å²) < 4.78 is 26.2. The molecule has 0 N–H and O–H groups in total. The van der Waals surface area contributed by atoms with Crippen LogP contribution in [0, 0.1) is 3.57 Å². The molecule has 128 valence electrons. The van der Waals surface area contributed by atoms with E-state index < -0.39 is 10.0 Å². The number of halogens is 2. The Morgan fingerprint density at radius 1 is 1.39 bits per heavy atom. The van der Waals surface area contributed by atoms with Crippen molar-refractivity contribution in [3.63, 3.8) is 0 Å². The topological polar surface area (TPSA) is 57.7 Å². The molecule has 1 heterocycles. The molecule has 1 aromatic carbocycles. The maximum Gasteiger partial charge on any atom is 0.253 e. The van der Waals surface area contributed by atoms with E-state index >= 15 is 0 Å². The Kier molecular flexibility index (Phi) is 6.32. The van der Waals surface area contributed by atoms with Crippen molar-refractivity contribution < 1.29 is 13.2 Å². The largest absolute Gasteiger partial charge is 0.339 e. The fourth-order valence-corrected chi connectivity index (χ4v) is 4.38. The van der Waals surface area contributed by atoms with Crippen molar-refractivity contribution in [2.75, 3.05) is 25.9 Å². The Bertz CT molecular complexity index is 688. The lowest BCUT2D eigenvalue weighted by Gasteiger charge is -2.36. The van der Waals surface area contributed by atoms with E-state index in [0.29, 0.717) is 36.5 Å². The van der Waals surface area contributed by atoms with Crippen molar-refractivity contribution in [1.29, 1.82) is 0 Å². The monoisotopic (exact) mass is 470 g/mol. The number of carbonyl (C=O) groups excluding carboxylic acids is 1. The van der Waals surface area contributed by atoms with Crippen LogP contribution in [0.3, 0.4) is 0 Å². The van der Waals surface area contributed by atoms with Crippen LogP contribution >= 0.6 is 34.2 Å². The van der Waals surface area contributed by atoms with Crippen LogP contribution in [-0.4, -0.2) is 55.5 Å². The van der Waals surface area contributed by atoms with Gasteiger partial charge in [0.25, 0.3) is 5.91 Å². The zero-order valence-corrected chi connectivity index (χ0v) is 16.9. The van der Waals surface area contributed by atoms with Crippen molar-refractivity contribution in [1.82, 2.24) is 9.21 Å². The summed E-state index contributed by atoms with van der Waals surface area (Å²) in [6.45, 7) is 2.77. The Hall–Kier alpha value is -0.380. The summed E-state index contributed by atoms with van der Waals surface area (Å²) in [5.41, 5.74) is 0.617. The molecule has 1 aromatic rings. The molecule has 0 spiro atoms.